The van der Waals surface area contributed by atoms with Crippen LogP contribution in [0, 0.1) is 0 Å². The van der Waals surface area contributed by atoms with Crippen molar-refractivity contribution in [2.24, 2.45) is 0 Å². The van der Waals surface area contributed by atoms with E-state index in [1.165, 1.54) is 0 Å². The Labute approximate surface area is 56.3 Å². The van der Waals surface area contributed by atoms with E-state index in [0.29, 0.717) is 6.26 Å². The van der Waals surface area contributed by atoms with Crippen molar-refractivity contribution in [2.45, 2.75) is 6.18 Å². The van der Waals surface area contributed by atoms with Crippen LogP contribution in [-0.2, 0) is 9.84 Å². The van der Waals surface area contributed by atoms with Crippen LogP contribution in [0.3, 0.4) is 0 Å². The van der Waals surface area contributed by atoms with Crippen LogP contribution in [0.25, 0.3) is 0 Å². The van der Waals surface area contributed by atoms with Crippen molar-refractivity contribution in [3.8, 4) is 0 Å². The van der Waals surface area contributed by atoms with E-state index >= 15 is 0 Å². The molecule has 0 saturated carbocycles. The topological polar surface area (TPSA) is 34.1 Å². The predicted octanol–water partition coefficient (Wildman–Crippen LogP) is 1.11. The minimum absolute atomic E-state index is 0.461. The van der Waals surface area contributed by atoms with Gasteiger partial charge in [0.25, 0.3) is 0 Å². The third-order valence-corrected chi connectivity index (χ3v) is 1.89. The van der Waals surface area contributed by atoms with Crippen LogP contribution in [0.2, 0.25) is 0 Å². The Balaban J connectivity index is 4.75. The Kier molecular flexibility index (Phi) is 2.15. The fraction of sp³-hybridized carbons (Fsp3) is 0.500. The van der Waals surface area contributed by atoms with Gasteiger partial charge >= 0.3 is 6.18 Å². The first-order valence-electron chi connectivity index (χ1n) is 2.12. The summed E-state index contributed by atoms with van der Waals surface area (Å²) in [4.78, 5) is -1.71. The molecule has 0 fully saturated rings. The minimum Gasteiger partial charge on any atom is -0.224 e. The van der Waals surface area contributed by atoms with Crippen molar-refractivity contribution in [3.05, 3.63) is 11.5 Å². The molecular weight excluding hydrogens is 169 g/mol. The molecule has 0 aromatic rings. The van der Waals surface area contributed by atoms with Crippen molar-refractivity contribution in [1.82, 2.24) is 0 Å². The second-order valence-corrected chi connectivity index (χ2v) is 3.73. The van der Waals surface area contributed by atoms with Gasteiger partial charge in [-0.25, -0.2) is 8.42 Å². The highest BCUT2D eigenvalue weighted by atomic mass is 32.2. The molecule has 0 heterocycles. The fourth-order valence-electron chi connectivity index (χ4n) is 0.210. The Morgan fingerprint density at radius 3 is 1.70 bits per heavy atom. The van der Waals surface area contributed by atoms with Gasteiger partial charge in [0.15, 0.2) is 9.84 Å². The zero-order valence-corrected chi connectivity index (χ0v) is 5.88. The van der Waals surface area contributed by atoms with Crippen molar-refractivity contribution in [2.75, 3.05) is 6.26 Å². The molecule has 0 aliphatic heterocycles. The molecule has 6 heteroatoms. The third kappa shape index (κ3) is 2.38. The Hall–Kier alpha value is -0.520. The average molecular weight is 174 g/mol. The number of rotatable bonds is 1. The van der Waals surface area contributed by atoms with Gasteiger partial charge < -0.3 is 0 Å². The number of allylic oxidation sites excluding steroid dienone is 1. The molecule has 0 rings (SSSR count). The molecule has 0 unspecified atom stereocenters. The second-order valence-electron chi connectivity index (χ2n) is 1.69. The zero-order chi connectivity index (χ0) is 8.58. The molecular formula is C4H5F3O2S. The lowest BCUT2D eigenvalue weighted by atomic mass is 10.6. The summed E-state index contributed by atoms with van der Waals surface area (Å²) in [6, 6.07) is 0. The fourth-order valence-corrected chi connectivity index (χ4v) is 0.631. The Bertz CT molecular complexity index is 236. The lowest BCUT2D eigenvalue weighted by molar-refractivity contribution is -0.0840. The molecule has 0 radical (unpaired) electrons. The maximum absolute atomic E-state index is 11.5. The van der Waals surface area contributed by atoms with E-state index in [0.717, 1.165) is 0 Å². The molecule has 0 aromatic carbocycles. The molecule has 0 atom stereocenters. The van der Waals surface area contributed by atoms with Crippen molar-refractivity contribution in [1.29, 1.82) is 0 Å². The van der Waals surface area contributed by atoms with Gasteiger partial charge in [-0.05, 0) is 0 Å². The number of hydrogen-bond donors (Lipinski definition) is 0. The van der Waals surface area contributed by atoms with Gasteiger partial charge in [-0.3, -0.25) is 0 Å². The molecule has 10 heavy (non-hydrogen) atoms. The summed E-state index contributed by atoms with van der Waals surface area (Å²) in [6.45, 7) is 2.38. The summed E-state index contributed by atoms with van der Waals surface area (Å²) >= 11 is 0. The smallest absolute Gasteiger partial charge is 0.224 e. The first kappa shape index (κ1) is 9.48. The molecule has 0 spiro atoms. The molecule has 0 aliphatic rings. The van der Waals surface area contributed by atoms with Crippen LogP contribution in [0.5, 0.6) is 0 Å². The van der Waals surface area contributed by atoms with Gasteiger partial charge in [0.05, 0.1) is 0 Å². The second kappa shape index (κ2) is 2.26. The first-order chi connectivity index (χ1) is 4.15. The van der Waals surface area contributed by atoms with E-state index in [9.17, 15) is 21.6 Å². The van der Waals surface area contributed by atoms with Crippen LogP contribution >= 0.6 is 0 Å². The number of halogens is 3. The van der Waals surface area contributed by atoms with Crippen LogP contribution in [0.4, 0.5) is 13.2 Å². The highest BCUT2D eigenvalue weighted by molar-refractivity contribution is 7.94. The molecule has 60 valence electrons. The Morgan fingerprint density at radius 1 is 1.40 bits per heavy atom. The number of alkyl halides is 3. The lowest BCUT2D eigenvalue weighted by Crippen LogP contribution is -2.17. The van der Waals surface area contributed by atoms with Crippen LogP contribution < -0.4 is 0 Å². The molecule has 2 nitrogen and oxygen atoms in total. The lowest BCUT2D eigenvalue weighted by Gasteiger charge is -2.05. The van der Waals surface area contributed by atoms with E-state index in [1.54, 1.807) is 0 Å². The van der Waals surface area contributed by atoms with Gasteiger partial charge in [0, 0.05) is 6.26 Å². The summed E-state index contributed by atoms with van der Waals surface area (Å²) in [5.74, 6) is 0. The largest absolute Gasteiger partial charge is 0.426 e. The van der Waals surface area contributed by atoms with Crippen molar-refractivity contribution in [3.63, 3.8) is 0 Å². The average Bonchev–Trinajstić information content (AvgIpc) is 1.59. The molecule has 0 aromatic heterocycles. The number of sulfone groups is 1. The minimum atomic E-state index is -4.84. The normalized spacial score (nSPS) is 13.2. The van der Waals surface area contributed by atoms with Crippen molar-refractivity contribution < 1.29 is 21.6 Å². The van der Waals surface area contributed by atoms with Crippen LogP contribution in [0.1, 0.15) is 0 Å². The number of hydrogen-bond acceptors (Lipinski definition) is 2. The highest BCUT2D eigenvalue weighted by Gasteiger charge is 2.38. The summed E-state index contributed by atoms with van der Waals surface area (Å²) in [5, 5.41) is 0. The standard InChI is InChI=1S/C4H5F3O2S/c1-3(4(5,6)7)10(2,8)9/h1H2,2H3. The van der Waals surface area contributed by atoms with Gasteiger partial charge in [-0.1, -0.05) is 6.58 Å². The van der Waals surface area contributed by atoms with Crippen molar-refractivity contribution >= 4 is 9.84 Å². The molecule has 0 aliphatic carbocycles. The maximum Gasteiger partial charge on any atom is 0.426 e. The van der Waals surface area contributed by atoms with Gasteiger partial charge in [0.2, 0.25) is 0 Å². The van der Waals surface area contributed by atoms with Gasteiger partial charge in [-0.15, -0.1) is 0 Å². The zero-order valence-electron chi connectivity index (χ0n) is 5.07. The quantitative estimate of drug-likeness (QED) is 0.596. The summed E-state index contributed by atoms with van der Waals surface area (Å²) < 4.78 is 54.7. The highest BCUT2D eigenvalue weighted by Crippen LogP contribution is 2.27. The molecule has 0 amide bonds. The van der Waals surface area contributed by atoms with Gasteiger partial charge in [-0.2, -0.15) is 13.2 Å². The monoisotopic (exact) mass is 174 g/mol. The predicted molar refractivity (Wildman–Crippen MR) is 30.0 cm³/mol. The van der Waals surface area contributed by atoms with E-state index in [4.69, 9.17) is 0 Å². The summed E-state index contributed by atoms with van der Waals surface area (Å²) in [5.41, 5.74) is 0. The first-order valence-corrected chi connectivity index (χ1v) is 4.01. The van der Waals surface area contributed by atoms with E-state index in [2.05, 4.69) is 6.58 Å². The van der Waals surface area contributed by atoms with E-state index in [1.807, 2.05) is 0 Å². The van der Waals surface area contributed by atoms with Crippen LogP contribution in [-0.4, -0.2) is 20.8 Å². The molecule has 0 saturated heterocycles. The molecule has 0 bridgehead atoms. The van der Waals surface area contributed by atoms with Gasteiger partial charge in [0.1, 0.15) is 4.91 Å². The summed E-state index contributed by atoms with van der Waals surface area (Å²) in [7, 11) is -4.18. The molecule has 0 N–H and O–H groups in total. The maximum atomic E-state index is 11.5. The third-order valence-electron chi connectivity index (χ3n) is 0.764. The van der Waals surface area contributed by atoms with E-state index in [-0.39, 0.29) is 0 Å². The SMILES string of the molecule is C=C(C(F)(F)F)S(C)(=O)=O. The summed E-state index contributed by atoms with van der Waals surface area (Å²) in [6.07, 6.45) is -4.38. The van der Waals surface area contributed by atoms with Crippen LogP contribution in [0.15, 0.2) is 11.5 Å². The Morgan fingerprint density at radius 2 is 1.70 bits per heavy atom. The van der Waals surface area contributed by atoms with E-state index < -0.39 is 20.9 Å².